The Morgan fingerprint density at radius 3 is 2.95 bits per heavy atom. The quantitative estimate of drug-likeness (QED) is 0.730. The fraction of sp³-hybridized carbons (Fsp3) is 0.308. The first-order valence-electron chi connectivity index (χ1n) is 6.31. The third-order valence-corrected chi connectivity index (χ3v) is 3.69. The normalized spacial score (nSPS) is 17.5. The van der Waals surface area contributed by atoms with Crippen LogP contribution in [-0.2, 0) is 5.54 Å². The van der Waals surface area contributed by atoms with Crippen molar-refractivity contribution in [2.45, 2.75) is 24.8 Å². The second-order valence-electron chi connectivity index (χ2n) is 5.00. The van der Waals surface area contributed by atoms with Crippen LogP contribution in [0.1, 0.15) is 25.1 Å². The van der Waals surface area contributed by atoms with E-state index < -0.39 is 0 Å². The van der Waals surface area contributed by atoms with Crippen LogP contribution < -0.4 is 5.73 Å². The zero-order valence-electron chi connectivity index (χ0n) is 10.3. The molecule has 1 fully saturated rings. The van der Waals surface area contributed by atoms with E-state index in [-0.39, 0.29) is 5.54 Å². The van der Waals surface area contributed by atoms with Crippen LogP contribution in [0.5, 0.6) is 0 Å². The van der Waals surface area contributed by atoms with Crippen molar-refractivity contribution in [3.05, 3.63) is 30.4 Å². The van der Waals surface area contributed by atoms with Crippen LogP contribution in [0, 0.1) is 0 Å². The number of oxazole rings is 1. The molecule has 1 aliphatic rings. The van der Waals surface area contributed by atoms with Gasteiger partial charge in [0, 0.05) is 6.20 Å². The van der Waals surface area contributed by atoms with E-state index in [9.17, 15) is 0 Å². The lowest BCUT2D eigenvalue weighted by Gasteiger charge is -2.35. The fourth-order valence-corrected chi connectivity index (χ4v) is 2.36. The van der Waals surface area contributed by atoms with Crippen molar-refractivity contribution >= 4 is 11.2 Å². The SMILES string of the molecule is NC1(c2ncc(-c3nc4ncccc4o3)[nH]2)CCC1. The zero-order valence-corrected chi connectivity index (χ0v) is 10.3. The van der Waals surface area contributed by atoms with Gasteiger partial charge in [-0.05, 0) is 31.4 Å². The van der Waals surface area contributed by atoms with Crippen LogP contribution in [0.15, 0.2) is 28.9 Å². The number of aromatic nitrogens is 4. The first-order valence-corrected chi connectivity index (χ1v) is 6.31. The van der Waals surface area contributed by atoms with Crippen LogP contribution in [0.4, 0.5) is 0 Å². The van der Waals surface area contributed by atoms with Gasteiger partial charge in [0.25, 0.3) is 0 Å². The van der Waals surface area contributed by atoms with Crippen LogP contribution in [0.25, 0.3) is 22.8 Å². The Balaban J connectivity index is 1.75. The highest BCUT2D eigenvalue weighted by Gasteiger charge is 2.37. The largest absolute Gasteiger partial charge is 0.433 e. The Bertz CT molecular complexity index is 707. The Hall–Kier alpha value is -2.21. The van der Waals surface area contributed by atoms with Crippen molar-refractivity contribution in [1.82, 2.24) is 19.9 Å². The number of nitrogens with one attached hydrogen (secondary N) is 1. The van der Waals surface area contributed by atoms with E-state index in [0.717, 1.165) is 30.8 Å². The molecule has 0 unspecified atom stereocenters. The number of hydrogen-bond acceptors (Lipinski definition) is 5. The highest BCUT2D eigenvalue weighted by atomic mass is 16.3. The summed E-state index contributed by atoms with van der Waals surface area (Å²) in [4.78, 5) is 16.0. The minimum absolute atomic E-state index is 0.303. The summed E-state index contributed by atoms with van der Waals surface area (Å²) in [7, 11) is 0. The first kappa shape index (κ1) is 10.7. The molecular weight excluding hydrogens is 242 g/mol. The van der Waals surface area contributed by atoms with Gasteiger partial charge in [0.2, 0.25) is 5.89 Å². The topological polar surface area (TPSA) is 93.6 Å². The summed E-state index contributed by atoms with van der Waals surface area (Å²) in [5.41, 5.74) is 7.93. The molecule has 0 amide bonds. The Kier molecular flexibility index (Phi) is 2.05. The minimum Gasteiger partial charge on any atom is -0.433 e. The second kappa shape index (κ2) is 3.64. The average molecular weight is 255 g/mol. The Morgan fingerprint density at radius 1 is 1.32 bits per heavy atom. The predicted molar refractivity (Wildman–Crippen MR) is 69.1 cm³/mol. The molecule has 6 nitrogen and oxygen atoms in total. The molecule has 0 bridgehead atoms. The molecule has 0 spiro atoms. The van der Waals surface area contributed by atoms with Gasteiger partial charge in [-0.25, -0.2) is 9.97 Å². The van der Waals surface area contributed by atoms with Crippen LogP contribution in [0.3, 0.4) is 0 Å². The molecule has 0 atom stereocenters. The van der Waals surface area contributed by atoms with Gasteiger partial charge < -0.3 is 15.1 Å². The lowest BCUT2D eigenvalue weighted by molar-refractivity contribution is 0.240. The third kappa shape index (κ3) is 1.57. The molecule has 19 heavy (non-hydrogen) atoms. The zero-order chi connectivity index (χ0) is 12.9. The molecule has 0 aromatic carbocycles. The molecule has 1 aliphatic carbocycles. The second-order valence-corrected chi connectivity index (χ2v) is 5.00. The minimum atomic E-state index is -0.303. The predicted octanol–water partition coefficient (Wildman–Crippen LogP) is 1.95. The molecule has 3 heterocycles. The van der Waals surface area contributed by atoms with Crippen LogP contribution in [-0.4, -0.2) is 19.9 Å². The number of nitrogens with zero attached hydrogens (tertiary/aromatic N) is 3. The Labute approximate surface area is 109 Å². The van der Waals surface area contributed by atoms with Crippen molar-refractivity contribution in [3.8, 4) is 11.6 Å². The van der Waals surface area contributed by atoms with Gasteiger partial charge in [-0.3, -0.25) is 0 Å². The fourth-order valence-electron chi connectivity index (χ4n) is 2.36. The summed E-state index contributed by atoms with van der Waals surface area (Å²) >= 11 is 0. The molecule has 6 heteroatoms. The molecule has 0 radical (unpaired) electrons. The maximum Gasteiger partial charge on any atom is 0.247 e. The van der Waals surface area contributed by atoms with Gasteiger partial charge in [-0.15, -0.1) is 0 Å². The van der Waals surface area contributed by atoms with Gasteiger partial charge in [-0.2, -0.15) is 4.98 Å². The van der Waals surface area contributed by atoms with E-state index in [4.69, 9.17) is 10.2 Å². The van der Waals surface area contributed by atoms with Crippen molar-refractivity contribution in [1.29, 1.82) is 0 Å². The lowest BCUT2D eigenvalue weighted by atomic mass is 9.77. The molecule has 3 N–H and O–H groups in total. The lowest BCUT2D eigenvalue weighted by Crippen LogP contribution is -2.44. The van der Waals surface area contributed by atoms with Gasteiger partial charge in [0.1, 0.15) is 11.5 Å². The molecule has 1 saturated carbocycles. The van der Waals surface area contributed by atoms with Crippen molar-refractivity contribution in [2.24, 2.45) is 5.73 Å². The third-order valence-electron chi connectivity index (χ3n) is 3.69. The number of rotatable bonds is 2. The molecule has 96 valence electrons. The summed E-state index contributed by atoms with van der Waals surface area (Å²) in [6.07, 6.45) is 6.49. The van der Waals surface area contributed by atoms with Crippen LogP contribution >= 0.6 is 0 Å². The van der Waals surface area contributed by atoms with E-state index in [0.29, 0.717) is 17.1 Å². The number of hydrogen-bond donors (Lipinski definition) is 2. The summed E-state index contributed by atoms with van der Waals surface area (Å²) in [5.74, 6) is 1.30. The van der Waals surface area contributed by atoms with Crippen LogP contribution in [0.2, 0.25) is 0 Å². The highest BCUT2D eigenvalue weighted by Crippen LogP contribution is 2.37. The molecular formula is C13H13N5O. The number of pyridine rings is 1. The molecule has 0 aliphatic heterocycles. The van der Waals surface area contributed by atoms with E-state index in [1.54, 1.807) is 12.4 Å². The van der Waals surface area contributed by atoms with Crippen molar-refractivity contribution < 1.29 is 4.42 Å². The van der Waals surface area contributed by atoms with Crippen molar-refractivity contribution in [2.75, 3.05) is 0 Å². The highest BCUT2D eigenvalue weighted by molar-refractivity contribution is 5.70. The van der Waals surface area contributed by atoms with E-state index in [2.05, 4.69) is 19.9 Å². The smallest absolute Gasteiger partial charge is 0.247 e. The maximum atomic E-state index is 6.23. The summed E-state index contributed by atoms with van der Waals surface area (Å²) < 4.78 is 5.65. The summed E-state index contributed by atoms with van der Waals surface area (Å²) in [6, 6.07) is 3.66. The molecule has 3 aromatic heterocycles. The average Bonchev–Trinajstić information content (AvgIpc) is 3.02. The molecule has 0 saturated heterocycles. The van der Waals surface area contributed by atoms with Gasteiger partial charge in [0.15, 0.2) is 11.2 Å². The van der Waals surface area contributed by atoms with E-state index in [1.807, 2.05) is 12.1 Å². The monoisotopic (exact) mass is 255 g/mol. The molecule has 3 aromatic rings. The van der Waals surface area contributed by atoms with E-state index >= 15 is 0 Å². The summed E-state index contributed by atoms with van der Waals surface area (Å²) in [5, 5.41) is 0. The van der Waals surface area contributed by atoms with Gasteiger partial charge in [-0.1, -0.05) is 0 Å². The van der Waals surface area contributed by atoms with Crippen molar-refractivity contribution in [3.63, 3.8) is 0 Å². The van der Waals surface area contributed by atoms with Gasteiger partial charge in [0.05, 0.1) is 11.7 Å². The number of nitrogens with two attached hydrogens (primary N) is 1. The Morgan fingerprint density at radius 2 is 2.21 bits per heavy atom. The standard InChI is InChI=1S/C13H13N5O/c14-13(4-2-5-13)12-16-7-8(17-12)11-18-10-9(19-11)3-1-6-15-10/h1,3,6-7H,2,4-5,14H2,(H,16,17). The molecule has 4 rings (SSSR count). The number of aromatic amines is 1. The van der Waals surface area contributed by atoms with E-state index in [1.165, 1.54) is 0 Å². The van der Waals surface area contributed by atoms with Gasteiger partial charge >= 0.3 is 0 Å². The number of H-pyrrole nitrogens is 1. The first-order chi connectivity index (χ1) is 9.24. The number of imidazole rings is 1. The maximum absolute atomic E-state index is 6.23. The number of fused-ring (bicyclic) bond motifs is 1. The summed E-state index contributed by atoms with van der Waals surface area (Å²) in [6.45, 7) is 0.